The van der Waals surface area contributed by atoms with E-state index in [0.29, 0.717) is 10.0 Å². The average Bonchev–Trinajstić information content (AvgIpc) is 2.36. The maximum Gasteiger partial charge on any atom is 0.109 e. The summed E-state index contributed by atoms with van der Waals surface area (Å²) in [5.41, 5.74) is 0.892. The number of hydrogen-bond acceptors (Lipinski definition) is 2. The number of nitrogens with one attached hydrogen (secondary N) is 1. The van der Waals surface area contributed by atoms with E-state index >= 15 is 0 Å². The first-order valence-electron chi connectivity index (χ1n) is 5.68. The minimum Gasteiger partial charge on any atom is -0.314 e. The van der Waals surface area contributed by atoms with Gasteiger partial charge in [0.15, 0.2) is 0 Å². The normalized spacial score (nSPS) is 17.2. The second-order valence-electron chi connectivity index (χ2n) is 4.13. The lowest BCUT2D eigenvalue weighted by atomic mass is 10.1. The molecule has 1 saturated heterocycles. The van der Waals surface area contributed by atoms with Crippen molar-refractivity contribution in [2.75, 3.05) is 32.9 Å². The minimum atomic E-state index is -0.405. The Hall–Kier alpha value is 0.230. The molecule has 0 radical (unpaired) electrons. The minimum absolute atomic E-state index is 0. The summed E-state index contributed by atoms with van der Waals surface area (Å²) in [7, 11) is 0. The summed E-state index contributed by atoms with van der Waals surface area (Å²) in [6.07, 6.45) is 0. The third-order valence-corrected chi connectivity index (χ3v) is 3.81. The smallest absolute Gasteiger partial charge is 0.109 e. The summed E-state index contributed by atoms with van der Waals surface area (Å²) in [5, 5.41) is 4.25. The summed E-state index contributed by atoms with van der Waals surface area (Å²) >= 11 is 11.8. The van der Waals surface area contributed by atoms with Crippen LogP contribution in [0.4, 0.5) is 4.39 Å². The molecule has 1 aliphatic heterocycles. The average molecular weight is 350 g/mol. The van der Waals surface area contributed by atoms with E-state index in [1.54, 1.807) is 12.1 Å². The van der Waals surface area contributed by atoms with Crippen LogP contribution in [0.2, 0.25) is 10.0 Å². The zero-order chi connectivity index (χ0) is 12.3. The Morgan fingerprint density at radius 1 is 1.16 bits per heavy atom. The first-order valence-corrected chi connectivity index (χ1v) is 6.43. The molecule has 0 bridgehead atoms. The molecule has 0 aromatic heterocycles. The Bertz CT molecular complexity index is 386. The molecule has 0 unspecified atom stereocenters. The molecule has 1 aliphatic rings. The standard InChI is InChI=1S/C12H15Cl2FN2.2ClH/c13-10-2-1-9(7-11(10)14)12(8-15)17-5-3-16-4-6-17;;/h1-2,7,12,16H,3-6,8H2;2*1H/t12-;;/m1../s1. The van der Waals surface area contributed by atoms with Gasteiger partial charge >= 0.3 is 0 Å². The Balaban J connectivity index is 0.00000162. The van der Waals surface area contributed by atoms with E-state index in [9.17, 15) is 4.39 Å². The fraction of sp³-hybridized carbons (Fsp3) is 0.500. The molecule has 2 rings (SSSR count). The molecule has 19 heavy (non-hydrogen) atoms. The van der Waals surface area contributed by atoms with Crippen LogP contribution >= 0.6 is 48.0 Å². The van der Waals surface area contributed by atoms with E-state index in [0.717, 1.165) is 31.7 Å². The Morgan fingerprint density at radius 2 is 1.79 bits per heavy atom. The van der Waals surface area contributed by atoms with E-state index in [4.69, 9.17) is 23.2 Å². The van der Waals surface area contributed by atoms with Crippen molar-refractivity contribution in [2.24, 2.45) is 0 Å². The van der Waals surface area contributed by atoms with Gasteiger partial charge in [-0.05, 0) is 17.7 Å². The van der Waals surface area contributed by atoms with Gasteiger partial charge in [-0.3, -0.25) is 4.90 Å². The number of benzene rings is 1. The highest BCUT2D eigenvalue weighted by Gasteiger charge is 2.22. The van der Waals surface area contributed by atoms with Crippen molar-refractivity contribution >= 4 is 48.0 Å². The first kappa shape index (κ1) is 19.2. The van der Waals surface area contributed by atoms with Crippen molar-refractivity contribution in [3.8, 4) is 0 Å². The number of rotatable bonds is 3. The quantitative estimate of drug-likeness (QED) is 0.893. The van der Waals surface area contributed by atoms with Crippen LogP contribution in [-0.2, 0) is 0 Å². The molecule has 0 spiro atoms. The van der Waals surface area contributed by atoms with Crippen molar-refractivity contribution in [1.29, 1.82) is 0 Å². The van der Waals surface area contributed by atoms with Gasteiger partial charge in [0.2, 0.25) is 0 Å². The Kier molecular flexibility index (Phi) is 9.33. The SMILES string of the molecule is Cl.Cl.FC[C@H](c1ccc(Cl)c(Cl)c1)N1CCNCC1. The lowest BCUT2D eigenvalue weighted by Crippen LogP contribution is -2.45. The maximum absolute atomic E-state index is 13.2. The molecule has 1 aromatic carbocycles. The fourth-order valence-electron chi connectivity index (χ4n) is 2.11. The molecule has 0 amide bonds. The second-order valence-corrected chi connectivity index (χ2v) is 4.94. The highest BCUT2D eigenvalue weighted by atomic mass is 35.5. The van der Waals surface area contributed by atoms with Gasteiger partial charge in [0.25, 0.3) is 0 Å². The van der Waals surface area contributed by atoms with Gasteiger partial charge < -0.3 is 5.32 Å². The molecular weight excluding hydrogens is 333 g/mol. The molecule has 1 atom stereocenters. The van der Waals surface area contributed by atoms with Crippen molar-refractivity contribution in [1.82, 2.24) is 10.2 Å². The first-order chi connectivity index (χ1) is 8.22. The van der Waals surface area contributed by atoms with Gasteiger partial charge in [0, 0.05) is 26.2 Å². The lowest BCUT2D eigenvalue weighted by molar-refractivity contribution is 0.147. The van der Waals surface area contributed by atoms with Crippen LogP contribution in [0.1, 0.15) is 11.6 Å². The molecule has 0 aliphatic carbocycles. The van der Waals surface area contributed by atoms with E-state index in [-0.39, 0.29) is 30.9 Å². The maximum atomic E-state index is 13.2. The van der Waals surface area contributed by atoms with Crippen molar-refractivity contribution in [2.45, 2.75) is 6.04 Å². The lowest BCUT2D eigenvalue weighted by Gasteiger charge is -2.33. The Labute approximate surface area is 135 Å². The van der Waals surface area contributed by atoms with Crippen molar-refractivity contribution in [3.63, 3.8) is 0 Å². The highest BCUT2D eigenvalue weighted by Crippen LogP contribution is 2.28. The topological polar surface area (TPSA) is 15.3 Å². The predicted octanol–water partition coefficient (Wildman–Crippen LogP) is 3.75. The zero-order valence-electron chi connectivity index (χ0n) is 10.2. The van der Waals surface area contributed by atoms with Gasteiger partial charge in [0.1, 0.15) is 6.67 Å². The molecule has 1 heterocycles. The molecule has 0 saturated carbocycles. The molecule has 2 nitrogen and oxygen atoms in total. The van der Waals surface area contributed by atoms with E-state index < -0.39 is 6.67 Å². The molecule has 1 fully saturated rings. The third-order valence-electron chi connectivity index (χ3n) is 3.07. The highest BCUT2D eigenvalue weighted by molar-refractivity contribution is 6.42. The predicted molar refractivity (Wildman–Crippen MR) is 84.1 cm³/mol. The monoisotopic (exact) mass is 348 g/mol. The molecule has 7 heteroatoms. The fourth-order valence-corrected chi connectivity index (χ4v) is 2.42. The van der Waals surface area contributed by atoms with Crippen molar-refractivity contribution in [3.05, 3.63) is 33.8 Å². The summed E-state index contributed by atoms with van der Waals surface area (Å²) < 4.78 is 13.2. The molecule has 110 valence electrons. The number of halogens is 5. The second kappa shape index (κ2) is 9.22. The zero-order valence-corrected chi connectivity index (χ0v) is 13.4. The number of alkyl halides is 1. The van der Waals surface area contributed by atoms with Crippen LogP contribution in [-0.4, -0.2) is 37.8 Å². The van der Waals surface area contributed by atoms with Crippen LogP contribution in [0.15, 0.2) is 18.2 Å². The van der Waals surface area contributed by atoms with E-state index in [1.807, 2.05) is 6.07 Å². The summed E-state index contributed by atoms with van der Waals surface area (Å²) in [6, 6.07) is 5.12. The summed E-state index contributed by atoms with van der Waals surface area (Å²) in [6.45, 7) is 3.11. The van der Waals surface area contributed by atoms with Crippen LogP contribution in [0, 0.1) is 0 Å². The van der Waals surface area contributed by atoms with E-state index in [2.05, 4.69) is 10.2 Å². The molecule has 1 aromatic rings. The van der Waals surface area contributed by atoms with Crippen LogP contribution < -0.4 is 5.32 Å². The van der Waals surface area contributed by atoms with E-state index in [1.165, 1.54) is 0 Å². The summed E-state index contributed by atoms with van der Waals surface area (Å²) in [5.74, 6) is 0. The van der Waals surface area contributed by atoms with Crippen LogP contribution in [0.5, 0.6) is 0 Å². The van der Waals surface area contributed by atoms with Crippen molar-refractivity contribution < 1.29 is 4.39 Å². The van der Waals surface area contributed by atoms with Gasteiger partial charge in [-0.25, -0.2) is 4.39 Å². The number of piperazine rings is 1. The third kappa shape index (κ3) is 4.92. The van der Waals surface area contributed by atoms with Crippen LogP contribution in [0.25, 0.3) is 0 Å². The Morgan fingerprint density at radius 3 is 2.32 bits per heavy atom. The van der Waals surface area contributed by atoms with Gasteiger partial charge in [-0.15, -0.1) is 24.8 Å². The molecular formula is C12H17Cl4FN2. The molecule has 1 N–H and O–H groups in total. The largest absolute Gasteiger partial charge is 0.314 e. The van der Waals surface area contributed by atoms with Gasteiger partial charge in [-0.1, -0.05) is 29.3 Å². The number of hydrogen-bond donors (Lipinski definition) is 1. The number of nitrogens with zero attached hydrogens (tertiary/aromatic N) is 1. The van der Waals surface area contributed by atoms with Gasteiger partial charge in [-0.2, -0.15) is 0 Å². The summed E-state index contributed by atoms with van der Waals surface area (Å²) in [4.78, 5) is 2.13. The van der Waals surface area contributed by atoms with Gasteiger partial charge in [0.05, 0.1) is 16.1 Å². The van der Waals surface area contributed by atoms with Crippen LogP contribution in [0.3, 0.4) is 0 Å².